The first-order chi connectivity index (χ1) is 9.22. The van der Waals surface area contributed by atoms with E-state index < -0.39 is 5.97 Å². The molecule has 0 aliphatic rings. The van der Waals surface area contributed by atoms with Crippen molar-refractivity contribution in [2.45, 2.75) is 17.0 Å². The van der Waals surface area contributed by atoms with E-state index >= 15 is 0 Å². The third-order valence-corrected chi connectivity index (χ3v) is 2.89. The number of carbonyl (C=O) groups is 1. The van der Waals surface area contributed by atoms with Crippen molar-refractivity contribution in [3.8, 4) is 6.07 Å². The van der Waals surface area contributed by atoms with Gasteiger partial charge in [0.2, 0.25) is 0 Å². The zero-order chi connectivity index (χ0) is 13.7. The number of aromatic nitrogens is 2. The first kappa shape index (κ1) is 13.1. The molecule has 0 saturated carbocycles. The summed E-state index contributed by atoms with van der Waals surface area (Å²) in [6, 6.07) is 8.92. The van der Waals surface area contributed by atoms with Crippen molar-refractivity contribution >= 4 is 17.7 Å². The highest BCUT2D eigenvalue weighted by Gasteiger charge is 2.16. The average molecular weight is 275 g/mol. The van der Waals surface area contributed by atoms with Gasteiger partial charge in [-0.15, -0.1) is 5.10 Å². The lowest BCUT2D eigenvalue weighted by Crippen LogP contribution is -2.04. The number of rotatable bonds is 4. The fourth-order valence-electron chi connectivity index (χ4n) is 1.22. The molecule has 0 aliphatic heterocycles. The standard InChI is InChI=1S/C12H9N3O3S/c1-2-17-11(16)10-14-15-12(18-10)19-9-5-3-8(7-13)4-6-9/h3-6H,2H2,1H3. The number of hydrogen-bond acceptors (Lipinski definition) is 7. The number of nitriles is 1. The van der Waals surface area contributed by atoms with Crippen LogP contribution in [0, 0.1) is 11.3 Å². The molecule has 7 heteroatoms. The molecule has 0 amide bonds. The molecule has 0 unspecified atom stereocenters. The van der Waals surface area contributed by atoms with Crippen molar-refractivity contribution in [2.75, 3.05) is 6.61 Å². The molecule has 1 aromatic carbocycles. The molecular formula is C12H9N3O3S. The van der Waals surface area contributed by atoms with Crippen molar-refractivity contribution in [1.82, 2.24) is 10.2 Å². The van der Waals surface area contributed by atoms with E-state index in [4.69, 9.17) is 14.4 Å². The summed E-state index contributed by atoms with van der Waals surface area (Å²) in [6.07, 6.45) is 0. The van der Waals surface area contributed by atoms with E-state index in [0.717, 1.165) is 4.90 Å². The second kappa shape index (κ2) is 6.02. The van der Waals surface area contributed by atoms with Gasteiger partial charge < -0.3 is 9.15 Å². The van der Waals surface area contributed by atoms with Crippen LogP contribution < -0.4 is 0 Å². The van der Waals surface area contributed by atoms with Crippen LogP contribution in [0.3, 0.4) is 0 Å². The normalized spacial score (nSPS) is 9.89. The van der Waals surface area contributed by atoms with Gasteiger partial charge in [0.1, 0.15) is 0 Å². The molecule has 0 fully saturated rings. The summed E-state index contributed by atoms with van der Waals surface area (Å²) < 4.78 is 9.90. The second-order valence-electron chi connectivity index (χ2n) is 3.33. The summed E-state index contributed by atoms with van der Waals surface area (Å²) in [4.78, 5) is 12.2. The average Bonchev–Trinajstić information content (AvgIpc) is 2.88. The lowest BCUT2D eigenvalue weighted by molar-refractivity contribution is 0.0475. The molecule has 2 rings (SSSR count). The van der Waals surface area contributed by atoms with Gasteiger partial charge in [0.05, 0.1) is 18.2 Å². The Balaban J connectivity index is 2.07. The summed E-state index contributed by atoms with van der Waals surface area (Å²) in [6.45, 7) is 1.94. The lowest BCUT2D eigenvalue weighted by Gasteiger charge is -1.96. The third kappa shape index (κ3) is 3.33. The number of carbonyl (C=O) groups excluding carboxylic acids is 1. The van der Waals surface area contributed by atoms with E-state index in [2.05, 4.69) is 10.2 Å². The van der Waals surface area contributed by atoms with Crippen molar-refractivity contribution in [3.63, 3.8) is 0 Å². The maximum Gasteiger partial charge on any atom is 0.396 e. The Labute approximate surface area is 113 Å². The molecule has 1 aromatic heterocycles. The van der Waals surface area contributed by atoms with Crippen LogP contribution >= 0.6 is 11.8 Å². The molecule has 0 spiro atoms. The van der Waals surface area contributed by atoms with E-state index in [1.807, 2.05) is 6.07 Å². The van der Waals surface area contributed by atoms with Crippen LogP contribution in [0.2, 0.25) is 0 Å². The van der Waals surface area contributed by atoms with Crippen LogP contribution in [-0.2, 0) is 4.74 Å². The number of esters is 1. The predicted molar refractivity (Wildman–Crippen MR) is 65.5 cm³/mol. The Morgan fingerprint density at radius 1 is 1.42 bits per heavy atom. The lowest BCUT2D eigenvalue weighted by atomic mass is 10.2. The smallest absolute Gasteiger partial charge is 0.396 e. The molecule has 6 nitrogen and oxygen atoms in total. The van der Waals surface area contributed by atoms with Crippen LogP contribution in [0.4, 0.5) is 0 Å². The van der Waals surface area contributed by atoms with E-state index in [-0.39, 0.29) is 17.7 Å². The van der Waals surface area contributed by atoms with Gasteiger partial charge in [-0.05, 0) is 43.0 Å². The number of ether oxygens (including phenoxy) is 1. The Morgan fingerprint density at radius 2 is 2.16 bits per heavy atom. The number of hydrogen-bond donors (Lipinski definition) is 0. The Bertz CT molecular complexity index is 616. The minimum atomic E-state index is -0.637. The SMILES string of the molecule is CCOC(=O)c1nnc(Sc2ccc(C#N)cc2)o1. The van der Waals surface area contributed by atoms with Crippen LogP contribution in [0.15, 0.2) is 38.8 Å². The largest absolute Gasteiger partial charge is 0.459 e. The zero-order valence-electron chi connectivity index (χ0n) is 9.99. The van der Waals surface area contributed by atoms with Crippen molar-refractivity contribution in [3.05, 3.63) is 35.7 Å². The molecule has 1 heterocycles. The second-order valence-corrected chi connectivity index (χ2v) is 4.36. The molecule has 96 valence electrons. The minimum Gasteiger partial charge on any atom is -0.459 e. The molecule has 2 aromatic rings. The Hall–Kier alpha value is -2.33. The monoisotopic (exact) mass is 275 g/mol. The third-order valence-electron chi connectivity index (χ3n) is 2.05. The van der Waals surface area contributed by atoms with Gasteiger partial charge in [0, 0.05) is 4.90 Å². The molecule has 19 heavy (non-hydrogen) atoms. The van der Waals surface area contributed by atoms with Crippen molar-refractivity contribution < 1.29 is 13.9 Å². The summed E-state index contributed by atoms with van der Waals surface area (Å²) in [7, 11) is 0. The van der Waals surface area contributed by atoms with E-state index in [9.17, 15) is 4.79 Å². The van der Waals surface area contributed by atoms with Crippen LogP contribution in [0.1, 0.15) is 23.2 Å². The molecule has 0 atom stereocenters. The summed E-state index contributed by atoms with van der Waals surface area (Å²) in [5.74, 6) is -0.806. The van der Waals surface area contributed by atoms with Crippen LogP contribution in [0.25, 0.3) is 0 Å². The zero-order valence-corrected chi connectivity index (χ0v) is 10.8. The summed E-state index contributed by atoms with van der Waals surface area (Å²) in [5.41, 5.74) is 0.571. The predicted octanol–water partition coefficient (Wildman–Crippen LogP) is 2.27. The van der Waals surface area contributed by atoms with Crippen molar-refractivity contribution in [1.29, 1.82) is 5.26 Å². The summed E-state index contributed by atoms with van der Waals surface area (Å²) in [5, 5.41) is 16.3. The highest BCUT2D eigenvalue weighted by atomic mass is 32.2. The molecular weight excluding hydrogens is 266 g/mol. The van der Waals surface area contributed by atoms with Gasteiger partial charge >= 0.3 is 11.9 Å². The van der Waals surface area contributed by atoms with Crippen LogP contribution in [0.5, 0.6) is 0 Å². The van der Waals surface area contributed by atoms with Gasteiger partial charge in [-0.2, -0.15) is 5.26 Å². The quantitative estimate of drug-likeness (QED) is 0.790. The highest BCUT2D eigenvalue weighted by Crippen LogP contribution is 2.26. The topological polar surface area (TPSA) is 89.0 Å². The van der Waals surface area contributed by atoms with Gasteiger partial charge in [0.25, 0.3) is 5.22 Å². The fraction of sp³-hybridized carbons (Fsp3) is 0.167. The fourth-order valence-corrected chi connectivity index (χ4v) is 1.90. The molecule has 0 N–H and O–H groups in total. The molecule has 0 aliphatic carbocycles. The first-order valence-electron chi connectivity index (χ1n) is 5.41. The summed E-state index contributed by atoms with van der Waals surface area (Å²) >= 11 is 1.21. The van der Waals surface area contributed by atoms with Gasteiger partial charge in [-0.1, -0.05) is 5.10 Å². The molecule has 0 bridgehead atoms. The first-order valence-corrected chi connectivity index (χ1v) is 6.23. The van der Waals surface area contributed by atoms with Gasteiger partial charge in [0.15, 0.2) is 0 Å². The van der Waals surface area contributed by atoms with E-state index in [1.54, 1.807) is 31.2 Å². The maximum absolute atomic E-state index is 11.3. The van der Waals surface area contributed by atoms with E-state index in [1.165, 1.54) is 11.8 Å². The Kier molecular flexibility index (Phi) is 4.15. The molecule has 0 radical (unpaired) electrons. The van der Waals surface area contributed by atoms with E-state index in [0.29, 0.717) is 5.56 Å². The highest BCUT2D eigenvalue weighted by molar-refractivity contribution is 7.99. The number of benzene rings is 1. The Morgan fingerprint density at radius 3 is 2.79 bits per heavy atom. The van der Waals surface area contributed by atoms with Gasteiger partial charge in [-0.25, -0.2) is 4.79 Å². The van der Waals surface area contributed by atoms with Crippen molar-refractivity contribution in [2.24, 2.45) is 0 Å². The number of nitrogens with zero attached hydrogens (tertiary/aromatic N) is 3. The van der Waals surface area contributed by atoms with Crippen LogP contribution in [-0.4, -0.2) is 22.8 Å². The molecule has 0 saturated heterocycles. The van der Waals surface area contributed by atoms with Gasteiger partial charge in [-0.3, -0.25) is 0 Å². The maximum atomic E-state index is 11.3. The minimum absolute atomic E-state index is 0.169.